The highest BCUT2D eigenvalue weighted by molar-refractivity contribution is 7.11. The fourth-order valence-electron chi connectivity index (χ4n) is 2.75. The lowest BCUT2D eigenvalue weighted by Crippen LogP contribution is -2.49. The molecule has 0 bridgehead atoms. The summed E-state index contributed by atoms with van der Waals surface area (Å²) in [5, 5.41) is 4.86. The Hall–Kier alpha value is -0.490. The molecule has 114 valence electrons. The van der Waals surface area contributed by atoms with E-state index in [1.165, 1.54) is 28.4 Å². The number of methoxy groups -OCH3 is 2. The lowest BCUT2D eigenvalue weighted by molar-refractivity contribution is 0.0841. The Labute approximate surface area is 125 Å². The molecule has 2 rings (SSSR count). The van der Waals surface area contributed by atoms with Crippen molar-refractivity contribution in [2.24, 2.45) is 5.92 Å². The topological polar surface area (TPSA) is 43.4 Å². The number of aromatic nitrogens is 1. The molecule has 1 saturated carbocycles. The Morgan fingerprint density at radius 3 is 2.60 bits per heavy atom. The molecule has 0 aliphatic heterocycles. The van der Waals surface area contributed by atoms with Gasteiger partial charge in [0.1, 0.15) is 5.01 Å². The zero-order chi connectivity index (χ0) is 14.6. The second-order valence-corrected chi connectivity index (χ2v) is 6.68. The van der Waals surface area contributed by atoms with Crippen LogP contribution in [0.1, 0.15) is 35.3 Å². The van der Waals surface area contributed by atoms with E-state index in [4.69, 9.17) is 14.5 Å². The lowest BCUT2D eigenvalue weighted by Gasteiger charge is -2.32. The van der Waals surface area contributed by atoms with Gasteiger partial charge in [-0.05, 0) is 32.1 Å². The van der Waals surface area contributed by atoms with Gasteiger partial charge < -0.3 is 14.8 Å². The average molecular weight is 298 g/mol. The Morgan fingerprint density at radius 2 is 2.10 bits per heavy atom. The number of hydrogen-bond donors (Lipinski definition) is 1. The van der Waals surface area contributed by atoms with E-state index < -0.39 is 0 Å². The molecule has 0 spiro atoms. The Balaban J connectivity index is 2.27. The normalized spacial score (nSPS) is 18.2. The largest absolute Gasteiger partial charge is 0.383 e. The number of aryl methyl sites for hydroxylation is 2. The highest BCUT2D eigenvalue weighted by Crippen LogP contribution is 2.47. The number of ether oxygens (including phenoxy) is 2. The minimum atomic E-state index is -0.129. The zero-order valence-corrected chi connectivity index (χ0v) is 13.8. The molecule has 1 aliphatic rings. The van der Waals surface area contributed by atoms with Crippen LogP contribution in [0.4, 0.5) is 0 Å². The van der Waals surface area contributed by atoms with Crippen LogP contribution in [-0.2, 0) is 21.4 Å². The minimum absolute atomic E-state index is 0.129. The van der Waals surface area contributed by atoms with Gasteiger partial charge in [-0.25, -0.2) is 4.98 Å². The molecule has 1 aromatic rings. The number of nitrogens with zero attached hydrogens (tertiary/aromatic N) is 1. The Kier molecular flexibility index (Phi) is 5.55. The second kappa shape index (κ2) is 6.98. The summed E-state index contributed by atoms with van der Waals surface area (Å²) in [5.41, 5.74) is 1.09. The molecule has 0 radical (unpaired) electrons. The van der Waals surface area contributed by atoms with Gasteiger partial charge in [-0.1, -0.05) is 6.92 Å². The monoisotopic (exact) mass is 298 g/mol. The molecular formula is C15H26N2O2S. The minimum Gasteiger partial charge on any atom is -0.383 e. The SMILES string of the molecule is CCc1nc(C(COC)(NCCOC)C2CC2)sc1C. The van der Waals surface area contributed by atoms with Gasteiger partial charge in [0.2, 0.25) is 0 Å². The van der Waals surface area contributed by atoms with E-state index >= 15 is 0 Å². The van der Waals surface area contributed by atoms with Gasteiger partial charge in [0.25, 0.3) is 0 Å². The first kappa shape index (κ1) is 15.9. The van der Waals surface area contributed by atoms with E-state index in [1.807, 2.05) is 11.3 Å². The summed E-state index contributed by atoms with van der Waals surface area (Å²) in [4.78, 5) is 6.23. The van der Waals surface area contributed by atoms with Crippen molar-refractivity contribution in [3.8, 4) is 0 Å². The smallest absolute Gasteiger partial charge is 0.116 e. The van der Waals surface area contributed by atoms with Crippen molar-refractivity contribution >= 4 is 11.3 Å². The molecule has 4 nitrogen and oxygen atoms in total. The maximum atomic E-state index is 5.54. The van der Waals surface area contributed by atoms with Gasteiger partial charge in [0, 0.05) is 25.6 Å². The third-order valence-electron chi connectivity index (χ3n) is 4.00. The van der Waals surface area contributed by atoms with Crippen LogP contribution in [0, 0.1) is 12.8 Å². The van der Waals surface area contributed by atoms with Gasteiger partial charge in [0.05, 0.1) is 24.4 Å². The Morgan fingerprint density at radius 1 is 1.35 bits per heavy atom. The number of nitrogens with one attached hydrogen (secondary N) is 1. The van der Waals surface area contributed by atoms with E-state index in [9.17, 15) is 0 Å². The number of rotatable bonds is 9. The number of thiazole rings is 1. The van der Waals surface area contributed by atoms with E-state index in [0.717, 1.165) is 13.0 Å². The predicted octanol–water partition coefficient (Wildman–Crippen LogP) is 2.50. The van der Waals surface area contributed by atoms with Crippen LogP contribution < -0.4 is 5.32 Å². The average Bonchev–Trinajstić information content (AvgIpc) is 3.21. The molecule has 1 fully saturated rings. The van der Waals surface area contributed by atoms with E-state index in [0.29, 0.717) is 19.1 Å². The first-order valence-electron chi connectivity index (χ1n) is 7.37. The molecule has 1 heterocycles. The highest BCUT2D eigenvalue weighted by atomic mass is 32.1. The lowest BCUT2D eigenvalue weighted by atomic mass is 9.94. The standard InChI is InChI=1S/C15H26N2O2S/c1-5-13-11(2)20-14(17-13)15(10-19-4,12-6-7-12)16-8-9-18-3/h12,16H,5-10H2,1-4H3. The maximum Gasteiger partial charge on any atom is 0.116 e. The van der Waals surface area contributed by atoms with E-state index in [2.05, 4.69) is 19.2 Å². The molecule has 20 heavy (non-hydrogen) atoms. The molecule has 1 atom stereocenters. The fourth-order valence-corrected chi connectivity index (χ4v) is 3.99. The van der Waals surface area contributed by atoms with Crippen LogP contribution in [0.2, 0.25) is 0 Å². The molecule has 0 saturated heterocycles. The van der Waals surface area contributed by atoms with Crippen molar-refractivity contribution in [2.45, 2.75) is 38.6 Å². The summed E-state index contributed by atoms with van der Waals surface area (Å²) >= 11 is 1.82. The van der Waals surface area contributed by atoms with Crippen LogP contribution in [0.3, 0.4) is 0 Å². The van der Waals surface area contributed by atoms with Crippen molar-refractivity contribution in [3.05, 3.63) is 15.6 Å². The van der Waals surface area contributed by atoms with Crippen LogP contribution in [0.25, 0.3) is 0 Å². The first-order valence-corrected chi connectivity index (χ1v) is 8.19. The number of hydrogen-bond acceptors (Lipinski definition) is 5. The highest BCUT2D eigenvalue weighted by Gasteiger charge is 2.48. The van der Waals surface area contributed by atoms with E-state index in [-0.39, 0.29) is 5.54 Å². The molecule has 0 amide bonds. The van der Waals surface area contributed by atoms with Crippen molar-refractivity contribution in [1.29, 1.82) is 0 Å². The van der Waals surface area contributed by atoms with Gasteiger partial charge in [-0.3, -0.25) is 0 Å². The van der Waals surface area contributed by atoms with Crippen molar-refractivity contribution in [2.75, 3.05) is 34.0 Å². The predicted molar refractivity (Wildman–Crippen MR) is 82.4 cm³/mol. The van der Waals surface area contributed by atoms with Crippen molar-refractivity contribution in [3.63, 3.8) is 0 Å². The molecule has 1 N–H and O–H groups in total. The summed E-state index contributed by atoms with van der Waals surface area (Å²) in [6, 6.07) is 0. The van der Waals surface area contributed by atoms with Gasteiger partial charge in [0.15, 0.2) is 0 Å². The summed E-state index contributed by atoms with van der Waals surface area (Å²) in [6.45, 7) is 6.55. The van der Waals surface area contributed by atoms with E-state index in [1.54, 1.807) is 14.2 Å². The summed E-state index contributed by atoms with van der Waals surface area (Å²) in [6.07, 6.45) is 3.50. The third-order valence-corrected chi connectivity index (χ3v) is 5.19. The van der Waals surface area contributed by atoms with Crippen LogP contribution >= 0.6 is 11.3 Å². The van der Waals surface area contributed by atoms with Gasteiger partial charge >= 0.3 is 0 Å². The van der Waals surface area contributed by atoms with Crippen LogP contribution in [-0.4, -0.2) is 39.0 Å². The van der Waals surface area contributed by atoms with Crippen molar-refractivity contribution in [1.82, 2.24) is 10.3 Å². The summed E-state index contributed by atoms with van der Waals surface area (Å²) in [7, 11) is 3.51. The fraction of sp³-hybridized carbons (Fsp3) is 0.800. The molecule has 1 aromatic heterocycles. The first-order chi connectivity index (χ1) is 9.67. The van der Waals surface area contributed by atoms with Crippen LogP contribution in [0.5, 0.6) is 0 Å². The maximum absolute atomic E-state index is 5.54. The van der Waals surface area contributed by atoms with Gasteiger partial charge in [-0.2, -0.15) is 0 Å². The zero-order valence-electron chi connectivity index (χ0n) is 13.0. The quantitative estimate of drug-likeness (QED) is 0.711. The summed E-state index contributed by atoms with van der Waals surface area (Å²) in [5.74, 6) is 0.634. The summed E-state index contributed by atoms with van der Waals surface area (Å²) < 4.78 is 10.7. The molecule has 0 aromatic carbocycles. The third kappa shape index (κ3) is 3.22. The second-order valence-electron chi connectivity index (χ2n) is 5.47. The Bertz CT molecular complexity index is 432. The molecule has 1 unspecified atom stereocenters. The van der Waals surface area contributed by atoms with Crippen LogP contribution in [0.15, 0.2) is 0 Å². The molecule has 1 aliphatic carbocycles. The molecular weight excluding hydrogens is 272 g/mol. The van der Waals surface area contributed by atoms with Gasteiger partial charge in [-0.15, -0.1) is 11.3 Å². The molecule has 5 heteroatoms. The van der Waals surface area contributed by atoms with Crippen molar-refractivity contribution < 1.29 is 9.47 Å².